The molecule has 3 heteroatoms. The summed E-state index contributed by atoms with van der Waals surface area (Å²) in [6, 6.07) is 13.9. The number of nitrogens with two attached hydrogens (primary N) is 1. The molecular formula is C17H21NO2. The summed E-state index contributed by atoms with van der Waals surface area (Å²) in [6.07, 6.45) is -0.215. The van der Waals surface area contributed by atoms with E-state index in [0.717, 1.165) is 22.6 Å². The molecule has 0 radical (unpaired) electrons. The molecule has 0 aromatic heterocycles. The smallest absolute Gasteiger partial charge is 0.139 e. The van der Waals surface area contributed by atoms with Gasteiger partial charge in [-0.3, -0.25) is 0 Å². The molecule has 0 heterocycles. The number of ether oxygens (including phenoxy) is 2. The molecule has 106 valence electrons. The van der Waals surface area contributed by atoms with Gasteiger partial charge in [0.15, 0.2) is 0 Å². The molecule has 1 atom stereocenters. The predicted octanol–water partition coefficient (Wildman–Crippen LogP) is 3.39. The van der Waals surface area contributed by atoms with Gasteiger partial charge in [0.1, 0.15) is 17.6 Å². The zero-order valence-electron chi connectivity index (χ0n) is 12.2. The molecule has 0 spiro atoms. The van der Waals surface area contributed by atoms with Crippen molar-refractivity contribution in [1.82, 2.24) is 0 Å². The second-order valence-electron chi connectivity index (χ2n) is 4.85. The highest BCUT2D eigenvalue weighted by molar-refractivity contribution is 5.39. The highest BCUT2D eigenvalue weighted by atomic mass is 16.5. The summed E-state index contributed by atoms with van der Waals surface area (Å²) in [7, 11) is 1.66. The maximum atomic E-state index is 6.07. The van der Waals surface area contributed by atoms with Gasteiger partial charge in [-0.1, -0.05) is 35.9 Å². The van der Waals surface area contributed by atoms with Crippen molar-refractivity contribution in [2.24, 2.45) is 5.73 Å². The van der Waals surface area contributed by atoms with Crippen LogP contribution in [0.3, 0.4) is 0 Å². The van der Waals surface area contributed by atoms with Crippen LogP contribution in [0.2, 0.25) is 0 Å². The van der Waals surface area contributed by atoms with E-state index < -0.39 is 0 Å². The third-order valence-electron chi connectivity index (χ3n) is 3.30. The summed E-state index contributed by atoms with van der Waals surface area (Å²) in [5.41, 5.74) is 9.17. The number of methoxy groups -OCH3 is 1. The topological polar surface area (TPSA) is 44.5 Å². The zero-order chi connectivity index (χ0) is 14.5. The first-order chi connectivity index (χ1) is 9.65. The molecule has 2 aromatic carbocycles. The highest BCUT2D eigenvalue weighted by Gasteiger charge is 2.16. The van der Waals surface area contributed by atoms with Crippen LogP contribution in [0.5, 0.6) is 11.5 Å². The molecule has 3 nitrogen and oxygen atoms in total. The van der Waals surface area contributed by atoms with Crippen LogP contribution in [0.4, 0.5) is 0 Å². The van der Waals surface area contributed by atoms with Crippen LogP contribution in [-0.2, 0) is 0 Å². The molecule has 0 aliphatic rings. The van der Waals surface area contributed by atoms with Crippen molar-refractivity contribution in [3.05, 3.63) is 59.2 Å². The lowest BCUT2D eigenvalue weighted by Gasteiger charge is -2.21. The fourth-order valence-corrected chi connectivity index (χ4v) is 2.26. The summed E-state index contributed by atoms with van der Waals surface area (Å²) in [6.45, 7) is 4.50. The monoisotopic (exact) mass is 271 g/mol. The third kappa shape index (κ3) is 3.11. The van der Waals surface area contributed by atoms with Crippen LogP contribution in [0.15, 0.2) is 42.5 Å². The van der Waals surface area contributed by atoms with Gasteiger partial charge in [0.05, 0.1) is 7.11 Å². The van der Waals surface area contributed by atoms with Crippen LogP contribution in [0.1, 0.15) is 22.8 Å². The van der Waals surface area contributed by atoms with E-state index in [2.05, 4.69) is 13.0 Å². The average molecular weight is 271 g/mol. The molecule has 0 fully saturated rings. The Morgan fingerprint density at radius 3 is 2.45 bits per heavy atom. The van der Waals surface area contributed by atoms with Gasteiger partial charge in [-0.05, 0) is 31.5 Å². The molecule has 2 aromatic rings. The van der Waals surface area contributed by atoms with Crippen LogP contribution >= 0.6 is 0 Å². The summed E-state index contributed by atoms with van der Waals surface area (Å²) in [5.74, 6) is 1.66. The first kappa shape index (κ1) is 14.4. The Morgan fingerprint density at radius 2 is 1.80 bits per heavy atom. The largest absolute Gasteiger partial charge is 0.496 e. The summed E-state index contributed by atoms with van der Waals surface area (Å²) in [5, 5.41) is 0. The van der Waals surface area contributed by atoms with Crippen molar-refractivity contribution in [3.8, 4) is 11.5 Å². The second-order valence-corrected chi connectivity index (χ2v) is 4.85. The molecule has 0 saturated carbocycles. The number of benzene rings is 2. The number of aryl methyl sites for hydroxylation is 2. The van der Waals surface area contributed by atoms with E-state index in [0.29, 0.717) is 6.54 Å². The van der Waals surface area contributed by atoms with Gasteiger partial charge in [0.2, 0.25) is 0 Å². The van der Waals surface area contributed by atoms with Gasteiger partial charge in [-0.2, -0.15) is 0 Å². The Bertz CT molecular complexity index is 581. The lowest BCUT2D eigenvalue weighted by molar-refractivity contribution is 0.207. The number of hydrogen-bond donors (Lipinski definition) is 1. The van der Waals surface area contributed by atoms with E-state index in [9.17, 15) is 0 Å². The normalized spacial score (nSPS) is 12.0. The number of para-hydroxylation sites is 1. The zero-order valence-corrected chi connectivity index (χ0v) is 12.2. The van der Waals surface area contributed by atoms with Crippen LogP contribution in [0, 0.1) is 13.8 Å². The van der Waals surface area contributed by atoms with Crippen molar-refractivity contribution in [3.63, 3.8) is 0 Å². The molecule has 0 aliphatic heterocycles. The van der Waals surface area contributed by atoms with Crippen molar-refractivity contribution < 1.29 is 9.47 Å². The Balaban J connectivity index is 2.29. The first-order valence-corrected chi connectivity index (χ1v) is 6.72. The lowest BCUT2D eigenvalue weighted by Crippen LogP contribution is -2.19. The van der Waals surface area contributed by atoms with E-state index >= 15 is 0 Å². The number of hydrogen-bond acceptors (Lipinski definition) is 3. The van der Waals surface area contributed by atoms with Gasteiger partial charge >= 0.3 is 0 Å². The maximum Gasteiger partial charge on any atom is 0.139 e. The molecule has 20 heavy (non-hydrogen) atoms. The van der Waals surface area contributed by atoms with Gasteiger partial charge in [0, 0.05) is 12.1 Å². The molecule has 2 rings (SSSR count). The minimum atomic E-state index is -0.215. The maximum absolute atomic E-state index is 6.07. The van der Waals surface area contributed by atoms with Gasteiger partial charge < -0.3 is 15.2 Å². The molecule has 0 aliphatic carbocycles. The lowest BCUT2D eigenvalue weighted by atomic mass is 10.1. The van der Waals surface area contributed by atoms with Gasteiger partial charge in [0.25, 0.3) is 0 Å². The Labute approximate surface area is 120 Å². The Hall–Kier alpha value is -2.00. The third-order valence-corrected chi connectivity index (χ3v) is 3.30. The number of rotatable bonds is 5. The van der Waals surface area contributed by atoms with Crippen LogP contribution < -0.4 is 15.2 Å². The second kappa shape index (κ2) is 6.44. The van der Waals surface area contributed by atoms with E-state index in [-0.39, 0.29) is 6.10 Å². The van der Waals surface area contributed by atoms with E-state index in [1.807, 2.05) is 43.3 Å². The van der Waals surface area contributed by atoms with Crippen molar-refractivity contribution >= 4 is 0 Å². The standard InChI is InChI=1S/C17H21NO2/c1-12-8-9-15(13(2)10-12)20-17(11-18)14-6-4-5-7-16(14)19-3/h4-10,17H,11,18H2,1-3H3. The minimum Gasteiger partial charge on any atom is -0.496 e. The molecular weight excluding hydrogens is 250 g/mol. The molecule has 2 N–H and O–H groups in total. The summed E-state index contributed by atoms with van der Waals surface area (Å²) >= 11 is 0. The molecule has 0 saturated heterocycles. The summed E-state index contributed by atoms with van der Waals surface area (Å²) in [4.78, 5) is 0. The van der Waals surface area contributed by atoms with E-state index in [1.165, 1.54) is 5.56 Å². The molecule has 0 bridgehead atoms. The van der Waals surface area contributed by atoms with Gasteiger partial charge in [-0.15, -0.1) is 0 Å². The Kier molecular flexibility index (Phi) is 4.64. The van der Waals surface area contributed by atoms with Crippen molar-refractivity contribution in [2.75, 3.05) is 13.7 Å². The summed E-state index contributed by atoms with van der Waals surface area (Å²) < 4.78 is 11.5. The fourth-order valence-electron chi connectivity index (χ4n) is 2.26. The van der Waals surface area contributed by atoms with Gasteiger partial charge in [-0.25, -0.2) is 0 Å². The first-order valence-electron chi connectivity index (χ1n) is 6.72. The van der Waals surface area contributed by atoms with Crippen LogP contribution in [0.25, 0.3) is 0 Å². The SMILES string of the molecule is COc1ccccc1C(CN)Oc1ccc(C)cc1C. The quantitative estimate of drug-likeness (QED) is 0.906. The molecule has 1 unspecified atom stereocenters. The minimum absolute atomic E-state index is 0.215. The predicted molar refractivity (Wildman–Crippen MR) is 81.3 cm³/mol. The van der Waals surface area contributed by atoms with Crippen molar-refractivity contribution in [2.45, 2.75) is 20.0 Å². The van der Waals surface area contributed by atoms with Crippen LogP contribution in [-0.4, -0.2) is 13.7 Å². The van der Waals surface area contributed by atoms with Crippen molar-refractivity contribution in [1.29, 1.82) is 0 Å². The Morgan fingerprint density at radius 1 is 1.05 bits per heavy atom. The average Bonchev–Trinajstić information content (AvgIpc) is 2.46. The highest BCUT2D eigenvalue weighted by Crippen LogP contribution is 2.30. The molecule has 0 amide bonds. The fraction of sp³-hybridized carbons (Fsp3) is 0.294. The van der Waals surface area contributed by atoms with E-state index in [1.54, 1.807) is 7.11 Å². The van der Waals surface area contributed by atoms with E-state index in [4.69, 9.17) is 15.2 Å².